The maximum atomic E-state index is 13.7. The van der Waals surface area contributed by atoms with Crippen molar-refractivity contribution in [2.24, 2.45) is 0 Å². The van der Waals surface area contributed by atoms with Crippen LogP contribution in [0.4, 0.5) is 9.18 Å². The van der Waals surface area contributed by atoms with Gasteiger partial charge < -0.3 is 15.7 Å². The Labute approximate surface area is 143 Å². The lowest BCUT2D eigenvalue weighted by atomic mass is 10.1. The van der Waals surface area contributed by atoms with E-state index < -0.39 is 18.0 Å². The first kappa shape index (κ1) is 17.7. The van der Waals surface area contributed by atoms with E-state index >= 15 is 0 Å². The number of aliphatic hydroxyl groups excluding tert-OH is 1. The van der Waals surface area contributed by atoms with Gasteiger partial charge in [0, 0.05) is 29.2 Å². The molecule has 24 heavy (non-hydrogen) atoms. The molecule has 2 rings (SSSR count). The molecule has 1 atom stereocenters. The van der Waals surface area contributed by atoms with Gasteiger partial charge in [0.2, 0.25) is 0 Å². The third-order valence-corrected chi connectivity index (χ3v) is 3.69. The van der Waals surface area contributed by atoms with E-state index in [-0.39, 0.29) is 24.2 Å². The standard InChI is InChI=1S/C17H15ClFN3O2/c18-14-4-2-1-3-13(14)16(23)10-22-17(24)21-9-12-6-5-11(8-20)7-15(12)19/h1-7,16,23H,9-10H2,(H2,21,22,24). The van der Waals surface area contributed by atoms with Gasteiger partial charge in [-0.2, -0.15) is 5.26 Å². The molecule has 0 aliphatic heterocycles. The SMILES string of the molecule is N#Cc1ccc(CNC(=O)NCC(O)c2ccccc2Cl)c(F)c1. The average Bonchev–Trinajstić information content (AvgIpc) is 2.58. The Morgan fingerprint density at radius 2 is 2.04 bits per heavy atom. The van der Waals surface area contributed by atoms with Crippen LogP contribution < -0.4 is 10.6 Å². The van der Waals surface area contributed by atoms with Crippen LogP contribution in [0.25, 0.3) is 0 Å². The first-order valence-electron chi connectivity index (χ1n) is 7.14. The smallest absolute Gasteiger partial charge is 0.315 e. The van der Waals surface area contributed by atoms with E-state index in [1.54, 1.807) is 24.3 Å². The highest BCUT2D eigenvalue weighted by molar-refractivity contribution is 6.31. The number of amides is 2. The number of urea groups is 1. The van der Waals surface area contributed by atoms with Crippen LogP contribution in [-0.4, -0.2) is 17.7 Å². The van der Waals surface area contributed by atoms with Crippen LogP contribution in [0.5, 0.6) is 0 Å². The maximum Gasteiger partial charge on any atom is 0.315 e. The number of rotatable bonds is 5. The van der Waals surface area contributed by atoms with Gasteiger partial charge in [-0.1, -0.05) is 35.9 Å². The zero-order valence-electron chi connectivity index (χ0n) is 12.6. The molecule has 0 saturated heterocycles. The van der Waals surface area contributed by atoms with Crippen LogP contribution in [0, 0.1) is 17.1 Å². The number of nitrogens with one attached hydrogen (secondary N) is 2. The van der Waals surface area contributed by atoms with Crippen LogP contribution in [0.15, 0.2) is 42.5 Å². The van der Waals surface area contributed by atoms with E-state index in [9.17, 15) is 14.3 Å². The van der Waals surface area contributed by atoms with Gasteiger partial charge in [-0.25, -0.2) is 9.18 Å². The largest absolute Gasteiger partial charge is 0.387 e. The number of nitrogens with zero attached hydrogens (tertiary/aromatic N) is 1. The fourth-order valence-electron chi connectivity index (χ4n) is 2.04. The molecule has 2 amide bonds. The van der Waals surface area contributed by atoms with E-state index in [0.717, 1.165) is 6.07 Å². The lowest BCUT2D eigenvalue weighted by Gasteiger charge is -2.14. The van der Waals surface area contributed by atoms with Gasteiger partial charge in [-0.05, 0) is 18.2 Å². The van der Waals surface area contributed by atoms with Crippen molar-refractivity contribution < 1.29 is 14.3 Å². The molecule has 0 fully saturated rings. The molecule has 2 aromatic rings. The third-order valence-electron chi connectivity index (χ3n) is 3.34. The molecule has 0 heterocycles. The Bertz CT molecular complexity index is 777. The molecular weight excluding hydrogens is 333 g/mol. The number of benzene rings is 2. The predicted molar refractivity (Wildman–Crippen MR) is 87.8 cm³/mol. The van der Waals surface area contributed by atoms with Crippen molar-refractivity contribution in [3.8, 4) is 6.07 Å². The van der Waals surface area contributed by atoms with Gasteiger partial charge in [0.15, 0.2) is 0 Å². The Morgan fingerprint density at radius 3 is 2.71 bits per heavy atom. The monoisotopic (exact) mass is 347 g/mol. The summed E-state index contributed by atoms with van der Waals surface area (Å²) in [6, 6.07) is 12.1. The summed E-state index contributed by atoms with van der Waals surface area (Å²) < 4.78 is 13.7. The van der Waals surface area contributed by atoms with Crippen molar-refractivity contribution in [2.45, 2.75) is 12.6 Å². The van der Waals surface area contributed by atoms with Crippen LogP contribution in [-0.2, 0) is 6.54 Å². The highest BCUT2D eigenvalue weighted by Crippen LogP contribution is 2.21. The molecule has 0 aliphatic carbocycles. The number of halogens is 2. The molecule has 3 N–H and O–H groups in total. The first-order valence-corrected chi connectivity index (χ1v) is 7.51. The van der Waals surface area contributed by atoms with E-state index in [1.165, 1.54) is 12.1 Å². The quantitative estimate of drug-likeness (QED) is 0.777. The van der Waals surface area contributed by atoms with Crippen molar-refractivity contribution in [2.75, 3.05) is 6.54 Å². The zero-order chi connectivity index (χ0) is 17.5. The summed E-state index contributed by atoms with van der Waals surface area (Å²) >= 11 is 5.96. The zero-order valence-corrected chi connectivity index (χ0v) is 13.3. The van der Waals surface area contributed by atoms with Crippen molar-refractivity contribution in [3.05, 3.63) is 70.0 Å². The normalized spacial score (nSPS) is 11.4. The summed E-state index contributed by atoms with van der Waals surface area (Å²) in [6.07, 6.45) is -0.948. The van der Waals surface area contributed by atoms with Gasteiger partial charge in [-0.15, -0.1) is 0 Å². The first-order chi connectivity index (χ1) is 11.5. The topological polar surface area (TPSA) is 85.2 Å². The molecule has 1 unspecified atom stereocenters. The minimum atomic E-state index is -0.948. The molecule has 0 spiro atoms. The Hall–Kier alpha value is -2.62. The molecule has 0 aromatic heterocycles. The molecule has 0 saturated carbocycles. The van der Waals surface area contributed by atoms with Crippen LogP contribution in [0.2, 0.25) is 5.02 Å². The Balaban J connectivity index is 1.84. The molecule has 0 radical (unpaired) electrons. The predicted octanol–water partition coefficient (Wildman–Crippen LogP) is 2.88. The second kappa shape index (κ2) is 8.29. The number of hydrogen-bond donors (Lipinski definition) is 3. The van der Waals surface area contributed by atoms with Crippen molar-refractivity contribution in [1.29, 1.82) is 5.26 Å². The van der Waals surface area contributed by atoms with Crippen LogP contribution in [0.3, 0.4) is 0 Å². The number of carbonyl (C=O) groups excluding carboxylic acids is 1. The summed E-state index contributed by atoms with van der Waals surface area (Å²) in [4.78, 5) is 11.7. The van der Waals surface area contributed by atoms with Gasteiger partial charge in [-0.3, -0.25) is 0 Å². The summed E-state index contributed by atoms with van der Waals surface area (Å²) in [6.45, 7) is -0.0724. The molecule has 7 heteroatoms. The highest BCUT2D eigenvalue weighted by atomic mass is 35.5. The highest BCUT2D eigenvalue weighted by Gasteiger charge is 2.12. The van der Waals surface area contributed by atoms with E-state index in [2.05, 4.69) is 10.6 Å². The summed E-state index contributed by atoms with van der Waals surface area (Å²) in [7, 11) is 0. The van der Waals surface area contributed by atoms with Crippen molar-refractivity contribution in [1.82, 2.24) is 10.6 Å². The average molecular weight is 348 g/mol. The Morgan fingerprint density at radius 1 is 1.29 bits per heavy atom. The fraction of sp³-hybridized carbons (Fsp3) is 0.176. The number of nitriles is 1. The van der Waals surface area contributed by atoms with E-state index in [4.69, 9.17) is 16.9 Å². The van der Waals surface area contributed by atoms with Gasteiger partial charge in [0.1, 0.15) is 5.82 Å². The second-order valence-corrected chi connectivity index (χ2v) is 5.43. The van der Waals surface area contributed by atoms with Gasteiger partial charge in [0.05, 0.1) is 17.7 Å². The summed E-state index contributed by atoms with van der Waals surface area (Å²) in [5.74, 6) is -0.564. The number of carbonyl (C=O) groups is 1. The molecule has 0 aliphatic rings. The molecule has 124 valence electrons. The summed E-state index contributed by atoms with van der Waals surface area (Å²) in [5, 5.41) is 24.1. The maximum absolute atomic E-state index is 13.7. The minimum Gasteiger partial charge on any atom is -0.387 e. The fourth-order valence-corrected chi connectivity index (χ4v) is 2.30. The third kappa shape index (κ3) is 4.69. The number of aliphatic hydroxyl groups is 1. The van der Waals surface area contributed by atoms with E-state index in [1.807, 2.05) is 6.07 Å². The van der Waals surface area contributed by atoms with Crippen molar-refractivity contribution >= 4 is 17.6 Å². The van der Waals surface area contributed by atoms with Gasteiger partial charge in [0.25, 0.3) is 0 Å². The lowest BCUT2D eigenvalue weighted by Crippen LogP contribution is -2.37. The molecule has 2 aromatic carbocycles. The molecule has 5 nitrogen and oxygen atoms in total. The minimum absolute atomic E-state index is 0.0361. The lowest BCUT2D eigenvalue weighted by molar-refractivity contribution is 0.173. The number of hydrogen-bond acceptors (Lipinski definition) is 3. The Kier molecular flexibility index (Phi) is 6.13. The van der Waals surface area contributed by atoms with Crippen LogP contribution >= 0.6 is 11.6 Å². The second-order valence-electron chi connectivity index (χ2n) is 5.02. The van der Waals surface area contributed by atoms with Crippen LogP contribution in [0.1, 0.15) is 22.8 Å². The van der Waals surface area contributed by atoms with E-state index in [0.29, 0.717) is 10.6 Å². The van der Waals surface area contributed by atoms with Crippen molar-refractivity contribution in [3.63, 3.8) is 0 Å². The van der Waals surface area contributed by atoms with Gasteiger partial charge >= 0.3 is 6.03 Å². The summed E-state index contributed by atoms with van der Waals surface area (Å²) in [5.41, 5.74) is 0.983. The molecular formula is C17H15ClFN3O2. The molecule has 0 bridgehead atoms.